The lowest BCUT2D eigenvalue weighted by molar-refractivity contribution is 0.107. The summed E-state index contributed by atoms with van der Waals surface area (Å²) >= 11 is 1.98. The lowest BCUT2D eigenvalue weighted by atomic mass is 10.1. The Labute approximate surface area is 158 Å². The topological polar surface area (TPSA) is 63.1 Å². The maximum atomic E-state index is 9.48. The standard InChI is InChI=1S/C20H24N2O3S/c1-15(17-3-2-4-18(23)12-17)22-25-10-9-24-19-7-5-16(6-8-19)11-20-13-21-14-26-20/h2-8,12,20-21,23H,9-11,13-14H2,1H3. The first-order valence-corrected chi connectivity index (χ1v) is 9.75. The van der Waals surface area contributed by atoms with Crippen molar-refractivity contribution in [2.24, 2.45) is 5.16 Å². The minimum absolute atomic E-state index is 0.214. The maximum Gasteiger partial charge on any atom is 0.151 e. The second kappa shape index (κ2) is 9.50. The quantitative estimate of drug-likeness (QED) is 0.422. The van der Waals surface area contributed by atoms with E-state index in [2.05, 4.69) is 22.6 Å². The molecule has 0 amide bonds. The van der Waals surface area contributed by atoms with E-state index in [1.807, 2.05) is 36.9 Å². The Morgan fingerprint density at radius 2 is 2.08 bits per heavy atom. The van der Waals surface area contributed by atoms with Crippen molar-refractivity contribution in [3.05, 3.63) is 59.7 Å². The fraction of sp³-hybridized carbons (Fsp3) is 0.350. The minimum atomic E-state index is 0.214. The second-order valence-corrected chi connectivity index (χ2v) is 7.43. The van der Waals surface area contributed by atoms with E-state index >= 15 is 0 Å². The smallest absolute Gasteiger partial charge is 0.151 e. The Hall–Kier alpha value is -2.18. The fourth-order valence-electron chi connectivity index (χ4n) is 2.69. The van der Waals surface area contributed by atoms with Crippen molar-refractivity contribution in [3.8, 4) is 11.5 Å². The predicted octanol–water partition coefficient (Wildman–Crippen LogP) is 3.42. The molecular weight excluding hydrogens is 348 g/mol. The Morgan fingerprint density at radius 3 is 2.81 bits per heavy atom. The van der Waals surface area contributed by atoms with Gasteiger partial charge in [0.05, 0.1) is 5.71 Å². The summed E-state index contributed by atoms with van der Waals surface area (Å²) in [6, 6.07) is 15.2. The van der Waals surface area contributed by atoms with Crippen molar-refractivity contribution in [3.63, 3.8) is 0 Å². The Balaban J connectivity index is 1.38. The molecule has 0 saturated carbocycles. The van der Waals surface area contributed by atoms with Gasteiger partial charge < -0.3 is 20.0 Å². The summed E-state index contributed by atoms with van der Waals surface area (Å²) in [5, 5.41) is 17.6. The van der Waals surface area contributed by atoms with Gasteiger partial charge in [0.15, 0.2) is 6.61 Å². The number of hydrogen-bond donors (Lipinski definition) is 2. The first kappa shape index (κ1) is 18.6. The molecule has 0 aliphatic carbocycles. The normalized spacial score (nSPS) is 17.3. The predicted molar refractivity (Wildman–Crippen MR) is 106 cm³/mol. The average Bonchev–Trinajstić information content (AvgIpc) is 3.16. The average molecular weight is 372 g/mol. The highest BCUT2D eigenvalue weighted by molar-refractivity contribution is 8.00. The van der Waals surface area contributed by atoms with Crippen LogP contribution in [-0.4, -0.2) is 41.7 Å². The Bertz CT molecular complexity index is 728. The summed E-state index contributed by atoms with van der Waals surface area (Å²) in [7, 11) is 0. The number of nitrogens with zero attached hydrogens (tertiary/aromatic N) is 1. The first-order valence-electron chi connectivity index (χ1n) is 8.71. The molecule has 2 aromatic carbocycles. The van der Waals surface area contributed by atoms with Gasteiger partial charge in [-0.15, -0.1) is 11.8 Å². The Morgan fingerprint density at radius 1 is 1.23 bits per heavy atom. The third-order valence-electron chi connectivity index (χ3n) is 4.09. The van der Waals surface area contributed by atoms with Crippen LogP contribution in [0.3, 0.4) is 0 Å². The Kier molecular flexibility index (Phi) is 6.80. The van der Waals surface area contributed by atoms with Crippen LogP contribution in [0.5, 0.6) is 11.5 Å². The zero-order valence-electron chi connectivity index (χ0n) is 14.9. The molecule has 26 heavy (non-hydrogen) atoms. The highest BCUT2D eigenvalue weighted by Gasteiger charge is 2.15. The molecule has 2 N–H and O–H groups in total. The summed E-state index contributed by atoms with van der Waals surface area (Å²) in [5.74, 6) is 2.11. The monoisotopic (exact) mass is 372 g/mol. The van der Waals surface area contributed by atoms with E-state index < -0.39 is 0 Å². The van der Waals surface area contributed by atoms with Crippen molar-refractivity contribution >= 4 is 17.5 Å². The van der Waals surface area contributed by atoms with Crippen molar-refractivity contribution in [2.75, 3.05) is 25.6 Å². The molecule has 1 heterocycles. The molecule has 1 fully saturated rings. The van der Waals surface area contributed by atoms with Gasteiger partial charge in [0.1, 0.15) is 18.1 Å². The number of phenols is 1. The van der Waals surface area contributed by atoms with Crippen LogP contribution >= 0.6 is 11.8 Å². The highest BCUT2D eigenvalue weighted by atomic mass is 32.2. The van der Waals surface area contributed by atoms with E-state index in [-0.39, 0.29) is 5.75 Å². The molecule has 0 spiro atoms. The number of nitrogens with one attached hydrogen (secondary N) is 1. The van der Waals surface area contributed by atoms with Gasteiger partial charge in [0.25, 0.3) is 0 Å². The van der Waals surface area contributed by atoms with Gasteiger partial charge in [-0.05, 0) is 43.2 Å². The van der Waals surface area contributed by atoms with Gasteiger partial charge in [-0.2, -0.15) is 0 Å². The fourth-order valence-corrected chi connectivity index (χ4v) is 3.71. The first-order chi connectivity index (χ1) is 12.7. The van der Waals surface area contributed by atoms with Crippen LogP contribution in [0.2, 0.25) is 0 Å². The number of hydrogen-bond acceptors (Lipinski definition) is 6. The van der Waals surface area contributed by atoms with Crippen LogP contribution in [0.1, 0.15) is 18.1 Å². The van der Waals surface area contributed by atoms with E-state index in [1.54, 1.807) is 18.2 Å². The molecule has 2 aromatic rings. The number of benzene rings is 2. The summed E-state index contributed by atoms with van der Waals surface area (Å²) < 4.78 is 5.69. The third kappa shape index (κ3) is 5.68. The van der Waals surface area contributed by atoms with Crippen LogP contribution < -0.4 is 10.1 Å². The SMILES string of the molecule is CC(=NOCCOc1ccc(CC2CNCS2)cc1)c1cccc(O)c1. The molecule has 1 aliphatic heterocycles. The van der Waals surface area contributed by atoms with Crippen molar-refractivity contribution < 1.29 is 14.7 Å². The summed E-state index contributed by atoms with van der Waals surface area (Å²) in [6.07, 6.45) is 1.09. The number of ether oxygens (including phenoxy) is 1. The molecular formula is C20H24N2O3S. The summed E-state index contributed by atoms with van der Waals surface area (Å²) in [5.41, 5.74) is 2.88. The van der Waals surface area contributed by atoms with Crippen LogP contribution in [-0.2, 0) is 11.3 Å². The van der Waals surface area contributed by atoms with Gasteiger partial charge in [-0.25, -0.2) is 0 Å². The molecule has 1 saturated heterocycles. The highest BCUT2D eigenvalue weighted by Crippen LogP contribution is 2.21. The molecule has 138 valence electrons. The van der Waals surface area contributed by atoms with Crippen LogP contribution in [0.25, 0.3) is 0 Å². The molecule has 1 aliphatic rings. The van der Waals surface area contributed by atoms with Gasteiger partial charge in [-0.1, -0.05) is 29.4 Å². The maximum absolute atomic E-state index is 9.48. The van der Waals surface area contributed by atoms with Crippen LogP contribution in [0.4, 0.5) is 0 Å². The second-order valence-electron chi connectivity index (χ2n) is 6.14. The number of rotatable bonds is 8. The molecule has 6 heteroatoms. The molecule has 5 nitrogen and oxygen atoms in total. The van der Waals surface area contributed by atoms with Crippen LogP contribution in [0, 0.1) is 0 Å². The van der Waals surface area contributed by atoms with Gasteiger partial charge in [-0.3, -0.25) is 0 Å². The molecule has 0 aromatic heterocycles. The van der Waals surface area contributed by atoms with E-state index in [0.717, 1.165) is 30.2 Å². The van der Waals surface area contributed by atoms with Gasteiger partial charge in [0.2, 0.25) is 0 Å². The zero-order chi connectivity index (χ0) is 18.2. The van der Waals surface area contributed by atoms with E-state index in [9.17, 15) is 5.11 Å². The lowest BCUT2D eigenvalue weighted by Gasteiger charge is -2.09. The number of phenolic OH excluding ortho intramolecular Hbond substituents is 1. The molecule has 0 radical (unpaired) electrons. The zero-order valence-corrected chi connectivity index (χ0v) is 15.7. The number of aromatic hydroxyl groups is 1. The van der Waals surface area contributed by atoms with Gasteiger partial charge >= 0.3 is 0 Å². The lowest BCUT2D eigenvalue weighted by Crippen LogP contribution is -2.14. The molecule has 0 bridgehead atoms. The van der Waals surface area contributed by atoms with Crippen molar-refractivity contribution in [2.45, 2.75) is 18.6 Å². The van der Waals surface area contributed by atoms with Crippen molar-refractivity contribution in [1.29, 1.82) is 0 Å². The molecule has 3 rings (SSSR count). The van der Waals surface area contributed by atoms with Crippen LogP contribution in [0.15, 0.2) is 53.7 Å². The third-order valence-corrected chi connectivity index (χ3v) is 5.26. The summed E-state index contributed by atoms with van der Waals surface area (Å²) in [6.45, 7) is 3.72. The number of oxime groups is 1. The van der Waals surface area contributed by atoms with Crippen molar-refractivity contribution in [1.82, 2.24) is 5.32 Å². The molecule has 1 atom stereocenters. The van der Waals surface area contributed by atoms with E-state index in [1.165, 1.54) is 5.56 Å². The molecule has 1 unspecified atom stereocenters. The largest absolute Gasteiger partial charge is 0.508 e. The van der Waals surface area contributed by atoms with E-state index in [0.29, 0.717) is 24.2 Å². The minimum Gasteiger partial charge on any atom is -0.508 e. The van der Waals surface area contributed by atoms with Gasteiger partial charge in [0, 0.05) is 23.2 Å². The number of thioether (sulfide) groups is 1. The summed E-state index contributed by atoms with van der Waals surface area (Å²) in [4.78, 5) is 5.30. The van der Waals surface area contributed by atoms with E-state index in [4.69, 9.17) is 9.57 Å².